The van der Waals surface area contributed by atoms with E-state index in [4.69, 9.17) is 10.2 Å². The Balaban J connectivity index is 1.91. The average molecular weight is 449 g/mol. The van der Waals surface area contributed by atoms with Crippen LogP contribution in [0, 0.1) is 0 Å². The number of carboxylic acids is 1. The van der Waals surface area contributed by atoms with Crippen molar-refractivity contribution in [3.05, 3.63) is 71.1 Å². The van der Waals surface area contributed by atoms with Gasteiger partial charge in [-0.3, -0.25) is 9.79 Å². The molecule has 1 amide bonds. The molecule has 0 spiro atoms. The number of amides is 1. The van der Waals surface area contributed by atoms with Gasteiger partial charge in [-0.05, 0) is 12.1 Å². The van der Waals surface area contributed by atoms with Gasteiger partial charge in [0, 0.05) is 34.3 Å². The van der Waals surface area contributed by atoms with Gasteiger partial charge in [0.2, 0.25) is 0 Å². The van der Waals surface area contributed by atoms with E-state index in [1.165, 1.54) is 11.4 Å². The molecule has 0 saturated carbocycles. The van der Waals surface area contributed by atoms with Gasteiger partial charge in [0.1, 0.15) is 21.8 Å². The van der Waals surface area contributed by atoms with Crippen LogP contribution in [0.1, 0.15) is 26.5 Å². The highest BCUT2D eigenvalue weighted by Gasteiger charge is 2.32. The third-order valence-corrected chi connectivity index (χ3v) is 4.95. The molecule has 0 bridgehead atoms. The molecule has 0 aliphatic carbocycles. The molecule has 7 nitrogen and oxygen atoms in total. The number of carbonyl (C=O) groups excluding carboxylic acids is 1. The summed E-state index contributed by atoms with van der Waals surface area (Å²) in [6.45, 7) is 2.81. The van der Waals surface area contributed by atoms with Crippen molar-refractivity contribution in [2.24, 2.45) is 10.7 Å². The largest absolute Gasteiger partial charge is 0.478 e. The molecule has 0 aliphatic heterocycles. The molecule has 0 atom stereocenters. The van der Waals surface area contributed by atoms with Crippen LogP contribution in [0.5, 0.6) is 0 Å². The van der Waals surface area contributed by atoms with E-state index in [9.17, 15) is 27.9 Å². The van der Waals surface area contributed by atoms with E-state index in [1.54, 1.807) is 24.3 Å². The number of nitrogens with one attached hydrogen (secondary N) is 1. The number of hydrogen-bond acceptors (Lipinski definition) is 6. The molecule has 0 radical (unpaired) electrons. The number of allylic oxidation sites excluding steroid dienone is 2. The summed E-state index contributed by atoms with van der Waals surface area (Å²) in [5.41, 5.74) is 4.10. The molecule has 0 fully saturated rings. The van der Waals surface area contributed by atoms with Crippen LogP contribution < -0.4 is 11.1 Å². The minimum Gasteiger partial charge on any atom is -0.478 e. The standard InChI is InChI=1S/C20H14F3N3O4S/c1-10(20(21,22)23)25-8-12(7-24)13-9-31-18(16(13)19(28)29)26-17(27)15-6-11-4-2-3-5-14(11)30-15/h2-9H,1,24H2,(H,26,27)(H,28,29)/b12-7+,25-8?. The Labute approximate surface area is 177 Å². The highest BCUT2D eigenvalue weighted by molar-refractivity contribution is 7.15. The number of alkyl halides is 3. The van der Waals surface area contributed by atoms with Gasteiger partial charge in [-0.1, -0.05) is 24.8 Å². The first kappa shape index (κ1) is 21.8. The highest BCUT2D eigenvalue weighted by Crippen LogP contribution is 2.33. The Kier molecular flexibility index (Phi) is 5.97. The average Bonchev–Trinajstić information content (AvgIpc) is 3.32. The van der Waals surface area contributed by atoms with Crippen molar-refractivity contribution in [2.75, 3.05) is 5.32 Å². The van der Waals surface area contributed by atoms with Gasteiger partial charge in [-0.15, -0.1) is 11.3 Å². The lowest BCUT2D eigenvalue weighted by Crippen LogP contribution is -2.13. The lowest BCUT2D eigenvalue weighted by atomic mass is 10.1. The minimum atomic E-state index is -4.74. The number of aliphatic imine (C=N–C) groups is 1. The second-order valence-corrected chi connectivity index (χ2v) is 6.97. The maximum absolute atomic E-state index is 12.6. The quantitative estimate of drug-likeness (QED) is 0.463. The van der Waals surface area contributed by atoms with E-state index in [2.05, 4.69) is 16.9 Å². The number of rotatable bonds is 6. The molecular formula is C20H14F3N3O4S. The third kappa shape index (κ3) is 4.67. The smallest absolute Gasteiger partial charge is 0.432 e. The summed E-state index contributed by atoms with van der Waals surface area (Å²) >= 11 is 0.861. The SMILES string of the molecule is C=C(N=C/C(=C\N)c1csc(NC(=O)c2cc3ccccc3o2)c1C(=O)O)C(F)(F)F. The summed E-state index contributed by atoms with van der Waals surface area (Å²) in [5, 5.41) is 14.0. The van der Waals surface area contributed by atoms with Crippen LogP contribution in [0.3, 0.4) is 0 Å². The number of benzene rings is 1. The first-order chi connectivity index (χ1) is 14.6. The molecule has 0 unspecified atom stereocenters. The van der Waals surface area contributed by atoms with Gasteiger partial charge < -0.3 is 20.6 Å². The monoisotopic (exact) mass is 449 g/mol. The van der Waals surface area contributed by atoms with E-state index in [-0.39, 0.29) is 27.5 Å². The number of para-hydroxylation sites is 1. The molecule has 31 heavy (non-hydrogen) atoms. The van der Waals surface area contributed by atoms with Gasteiger partial charge in [-0.25, -0.2) is 4.79 Å². The van der Waals surface area contributed by atoms with E-state index in [0.29, 0.717) is 11.0 Å². The highest BCUT2D eigenvalue weighted by atomic mass is 32.1. The topological polar surface area (TPSA) is 118 Å². The molecule has 3 aromatic rings. The van der Waals surface area contributed by atoms with Crippen LogP contribution in [-0.4, -0.2) is 29.4 Å². The Morgan fingerprint density at radius 2 is 2.00 bits per heavy atom. The van der Waals surface area contributed by atoms with E-state index in [0.717, 1.165) is 23.8 Å². The van der Waals surface area contributed by atoms with Gasteiger partial charge in [0.05, 0.1) is 0 Å². The molecule has 0 aliphatic rings. The number of halogens is 3. The van der Waals surface area contributed by atoms with E-state index in [1.807, 2.05) is 0 Å². The molecule has 4 N–H and O–H groups in total. The molecular weight excluding hydrogens is 435 g/mol. The lowest BCUT2D eigenvalue weighted by molar-refractivity contribution is -0.0918. The summed E-state index contributed by atoms with van der Waals surface area (Å²) in [7, 11) is 0. The molecule has 1 aromatic carbocycles. The number of anilines is 1. The van der Waals surface area contributed by atoms with Gasteiger partial charge in [0.25, 0.3) is 5.91 Å². The number of nitrogens with two attached hydrogens (primary N) is 1. The van der Waals surface area contributed by atoms with Crippen molar-refractivity contribution in [2.45, 2.75) is 6.18 Å². The first-order valence-electron chi connectivity index (χ1n) is 8.49. The van der Waals surface area contributed by atoms with Crippen molar-refractivity contribution >= 4 is 51.0 Å². The fourth-order valence-electron chi connectivity index (χ4n) is 2.56. The van der Waals surface area contributed by atoms with Crippen molar-refractivity contribution < 1.29 is 32.3 Å². The predicted molar refractivity (Wildman–Crippen MR) is 111 cm³/mol. The summed E-state index contributed by atoms with van der Waals surface area (Å²) in [5.74, 6) is -2.15. The zero-order chi connectivity index (χ0) is 22.8. The number of fused-ring (bicyclic) bond motifs is 1. The molecule has 2 aromatic heterocycles. The first-order valence-corrected chi connectivity index (χ1v) is 9.37. The fourth-order valence-corrected chi connectivity index (χ4v) is 3.51. The van der Waals surface area contributed by atoms with Crippen LogP contribution in [0.25, 0.3) is 16.5 Å². The second kappa shape index (κ2) is 8.48. The molecule has 11 heteroatoms. The van der Waals surface area contributed by atoms with Crippen molar-refractivity contribution in [3.63, 3.8) is 0 Å². The lowest BCUT2D eigenvalue weighted by Gasteiger charge is -2.06. The van der Waals surface area contributed by atoms with Gasteiger partial charge in [0.15, 0.2) is 5.76 Å². The van der Waals surface area contributed by atoms with Crippen molar-refractivity contribution in [3.8, 4) is 0 Å². The predicted octanol–water partition coefficient (Wildman–Crippen LogP) is 4.89. The van der Waals surface area contributed by atoms with Crippen LogP contribution >= 0.6 is 11.3 Å². The molecule has 3 rings (SSSR count). The normalized spacial score (nSPS) is 12.4. The number of hydrogen-bond donors (Lipinski definition) is 3. The third-order valence-electron chi connectivity index (χ3n) is 4.06. The fraction of sp³-hybridized carbons (Fsp3) is 0.0500. The van der Waals surface area contributed by atoms with Gasteiger partial charge >= 0.3 is 12.1 Å². The van der Waals surface area contributed by atoms with Crippen molar-refractivity contribution in [1.82, 2.24) is 0 Å². The van der Waals surface area contributed by atoms with Crippen LogP contribution in [0.2, 0.25) is 0 Å². The summed E-state index contributed by atoms with van der Waals surface area (Å²) in [4.78, 5) is 27.5. The maximum Gasteiger partial charge on any atom is 0.432 e. The Morgan fingerprint density at radius 3 is 2.61 bits per heavy atom. The minimum absolute atomic E-state index is 0.0152. The van der Waals surface area contributed by atoms with Gasteiger partial charge in [-0.2, -0.15) is 13.2 Å². The Morgan fingerprint density at radius 1 is 1.29 bits per heavy atom. The molecule has 2 heterocycles. The Bertz CT molecular complexity index is 1200. The number of thiophene rings is 1. The summed E-state index contributed by atoms with van der Waals surface area (Å²) < 4.78 is 43.2. The van der Waals surface area contributed by atoms with Crippen LogP contribution in [0.15, 0.2) is 63.6 Å². The van der Waals surface area contributed by atoms with Crippen LogP contribution in [-0.2, 0) is 0 Å². The number of aromatic carboxylic acids is 1. The van der Waals surface area contributed by atoms with E-state index >= 15 is 0 Å². The Hall–Kier alpha value is -3.86. The number of nitrogens with zero attached hydrogens (tertiary/aromatic N) is 1. The molecule has 160 valence electrons. The zero-order valence-electron chi connectivity index (χ0n) is 15.6. The number of carbonyl (C=O) groups is 2. The summed E-state index contributed by atoms with van der Waals surface area (Å²) in [6, 6.07) is 8.42. The van der Waals surface area contributed by atoms with Crippen molar-refractivity contribution in [1.29, 1.82) is 0 Å². The van der Waals surface area contributed by atoms with E-state index < -0.39 is 23.7 Å². The zero-order valence-corrected chi connectivity index (χ0v) is 16.4. The second-order valence-electron chi connectivity index (χ2n) is 6.09. The molecule has 0 saturated heterocycles. The van der Waals surface area contributed by atoms with Crippen LogP contribution in [0.4, 0.5) is 18.2 Å². The maximum atomic E-state index is 12.6. The number of furan rings is 1. The number of carboxylic acid groups (broad SMARTS) is 1. The summed E-state index contributed by atoms with van der Waals surface area (Å²) in [6.07, 6.45) is -3.08.